The van der Waals surface area contributed by atoms with Gasteiger partial charge in [-0.15, -0.1) is 0 Å². The number of benzene rings is 1. The molecule has 0 amide bonds. The van der Waals surface area contributed by atoms with Crippen LogP contribution >= 0.6 is 0 Å². The van der Waals surface area contributed by atoms with Gasteiger partial charge in [-0.25, -0.2) is 0 Å². The predicted molar refractivity (Wildman–Crippen MR) is 56.6 cm³/mol. The highest BCUT2D eigenvalue weighted by atomic mass is 19.4. The molecule has 2 unspecified atom stereocenters. The molecule has 0 aliphatic carbocycles. The summed E-state index contributed by atoms with van der Waals surface area (Å²) in [6, 6.07) is 3.03. The van der Waals surface area contributed by atoms with Crippen molar-refractivity contribution < 1.29 is 28.2 Å². The number of alkyl halides is 3. The predicted octanol–water partition coefficient (Wildman–Crippen LogP) is 1.54. The third-order valence-electron chi connectivity index (χ3n) is 2.42. The average Bonchev–Trinajstić information content (AvgIpc) is 2.27. The normalized spacial score (nSPS) is 15.2. The van der Waals surface area contributed by atoms with E-state index in [0.29, 0.717) is 0 Å². The molecule has 0 spiro atoms. The number of hydrogen-bond donors (Lipinski definition) is 3. The highest BCUT2D eigenvalue weighted by Crippen LogP contribution is 2.35. The van der Waals surface area contributed by atoms with Gasteiger partial charge in [0.1, 0.15) is 6.04 Å². The summed E-state index contributed by atoms with van der Waals surface area (Å²) in [6.45, 7) is 0. The van der Waals surface area contributed by atoms with E-state index < -0.39 is 36.3 Å². The van der Waals surface area contributed by atoms with Crippen molar-refractivity contribution in [3.8, 4) is 0 Å². The number of aliphatic carboxylic acids is 1. The first-order valence-corrected chi connectivity index (χ1v) is 5.06. The fraction of sp³-hybridized carbons (Fsp3) is 0.364. The summed E-state index contributed by atoms with van der Waals surface area (Å²) < 4.78 is 37.9. The number of rotatable bonds is 4. The third kappa shape index (κ3) is 3.44. The van der Waals surface area contributed by atoms with Crippen LogP contribution < -0.4 is 5.73 Å². The maximum Gasteiger partial charge on any atom is 0.416 e. The Labute approximate surface area is 101 Å². The highest BCUT2D eigenvalue weighted by molar-refractivity contribution is 5.73. The molecule has 0 fully saturated rings. The second-order valence-corrected chi connectivity index (χ2v) is 3.78. The molecule has 0 saturated carbocycles. The van der Waals surface area contributed by atoms with E-state index in [1.54, 1.807) is 0 Å². The van der Waals surface area contributed by atoms with Crippen LogP contribution in [0.15, 0.2) is 24.3 Å². The Kier molecular flexibility index (Phi) is 4.31. The molecule has 1 aromatic rings. The van der Waals surface area contributed by atoms with Crippen LogP contribution in [0, 0.1) is 0 Å². The molecular weight excluding hydrogens is 251 g/mol. The Bertz CT molecular complexity index is 434. The number of halogens is 3. The quantitative estimate of drug-likeness (QED) is 0.769. The monoisotopic (exact) mass is 263 g/mol. The molecule has 18 heavy (non-hydrogen) atoms. The summed E-state index contributed by atoms with van der Waals surface area (Å²) in [4.78, 5) is 10.5. The third-order valence-corrected chi connectivity index (χ3v) is 2.42. The average molecular weight is 263 g/mol. The van der Waals surface area contributed by atoms with Crippen molar-refractivity contribution in [2.24, 2.45) is 5.73 Å². The van der Waals surface area contributed by atoms with Gasteiger partial charge in [-0.1, -0.05) is 18.2 Å². The van der Waals surface area contributed by atoms with Crippen molar-refractivity contribution in [3.05, 3.63) is 35.4 Å². The second-order valence-electron chi connectivity index (χ2n) is 3.78. The van der Waals surface area contributed by atoms with Gasteiger partial charge in [0, 0.05) is 6.42 Å². The Hall–Kier alpha value is -1.60. The minimum atomic E-state index is -4.61. The van der Waals surface area contributed by atoms with E-state index in [9.17, 15) is 23.1 Å². The Morgan fingerprint density at radius 2 is 1.89 bits per heavy atom. The first-order valence-electron chi connectivity index (χ1n) is 5.06. The number of hydrogen-bond acceptors (Lipinski definition) is 3. The molecule has 0 aliphatic rings. The standard InChI is InChI=1S/C11H12F3NO3/c12-11(13,14)7-4-2-1-3-6(7)9(16)5-8(15)10(17)18/h1-4,8-9,16H,5,15H2,(H,17,18). The van der Waals surface area contributed by atoms with E-state index in [1.807, 2.05) is 0 Å². The van der Waals surface area contributed by atoms with Crippen LogP contribution in [0.1, 0.15) is 23.7 Å². The number of aliphatic hydroxyl groups is 1. The van der Waals surface area contributed by atoms with Gasteiger partial charge in [0.15, 0.2) is 0 Å². The summed E-state index contributed by atoms with van der Waals surface area (Å²) in [7, 11) is 0. The second kappa shape index (κ2) is 5.36. The van der Waals surface area contributed by atoms with Crippen molar-refractivity contribution in [2.75, 3.05) is 0 Å². The number of carboxylic acids is 1. The van der Waals surface area contributed by atoms with Crippen molar-refractivity contribution in [1.82, 2.24) is 0 Å². The van der Waals surface area contributed by atoms with Crippen LogP contribution in [-0.4, -0.2) is 22.2 Å². The van der Waals surface area contributed by atoms with Crippen molar-refractivity contribution in [1.29, 1.82) is 0 Å². The Balaban J connectivity index is 2.99. The van der Waals surface area contributed by atoms with E-state index in [4.69, 9.17) is 10.8 Å². The Morgan fingerprint density at radius 3 is 2.39 bits per heavy atom. The van der Waals surface area contributed by atoms with Gasteiger partial charge in [0.05, 0.1) is 11.7 Å². The molecule has 4 nitrogen and oxygen atoms in total. The number of carbonyl (C=O) groups is 1. The fourth-order valence-electron chi connectivity index (χ4n) is 1.51. The zero-order chi connectivity index (χ0) is 13.9. The molecule has 0 heterocycles. The van der Waals surface area contributed by atoms with Crippen molar-refractivity contribution in [3.63, 3.8) is 0 Å². The number of nitrogens with two attached hydrogens (primary N) is 1. The Morgan fingerprint density at radius 1 is 1.33 bits per heavy atom. The minimum Gasteiger partial charge on any atom is -0.480 e. The molecule has 0 saturated heterocycles. The molecule has 100 valence electrons. The zero-order valence-electron chi connectivity index (χ0n) is 9.19. The van der Waals surface area contributed by atoms with Crippen LogP contribution in [0.2, 0.25) is 0 Å². The summed E-state index contributed by atoms with van der Waals surface area (Å²) in [5, 5.41) is 18.2. The summed E-state index contributed by atoms with van der Waals surface area (Å²) in [5.74, 6) is -1.38. The van der Waals surface area contributed by atoms with Crippen molar-refractivity contribution in [2.45, 2.75) is 24.7 Å². The van der Waals surface area contributed by atoms with E-state index in [1.165, 1.54) is 12.1 Å². The molecular formula is C11H12F3NO3. The van der Waals surface area contributed by atoms with E-state index in [2.05, 4.69) is 0 Å². The molecule has 4 N–H and O–H groups in total. The number of carboxylic acid groups (broad SMARTS) is 1. The summed E-state index contributed by atoms with van der Waals surface area (Å²) in [6.07, 6.45) is -6.67. The highest BCUT2D eigenvalue weighted by Gasteiger charge is 2.35. The van der Waals surface area contributed by atoms with Gasteiger partial charge in [0.25, 0.3) is 0 Å². The minimum absolute atomic E-state index is 0.373. The van der Waals surface area contributed by atoms with Crippen LogP contribution in [0.3, 0.4) is 0 Å². The molecule has 0 radical (unpaired) electrons. The van der Waals surface area contributed by atoms with Crippen LogP contribution in [0.25, 0.3) is 0 Å². The zero-order valence-corrected chi connectivity index (χ0v) is 9.19. The lowest BCUT2D eigenvalue weighted by Gasteiger charge is -2.18. The maximum absolute atomic E-state index is 12.6. The van der Waals surface area contributed by atoms with Gasteiger partial charge in [-0.3, -0.25) is 4.79 Å². The molecule has 7 heteroatoms. The topological polar surface area (TPSA) is 83.5 Å². The molecule has 0 aromatic heterocycles. The van der Waals surface area contributed by atoms with Crippen LogP contribution in [0.4, 0.5) is 13.2 Å². The van der Waals surface area contributed by atoms with Gasteiger partial charge >= 0.3 is 12.1 Å². The lowest BCUT2D eigenvalue weighted by Crippen LogP contribution is -2.32. The molecule has 0 aliphatic heterocycles. The van der Waals surface area contributed by atoms with Crippen LogP contribution in [-0.2, 0) is 11.0 Å². The smallest absolute Gasteiger partial charge is 0.416 e. The lowest BCUT2D eigenvalue weighted by molar-refractivity contribution is -0.140. The largest absolute Gasteiger partial charge is 0.480 e. The van der Waals surface area contributed by atoms with Crippen molar-refractivity contribution >= 4 is 5.97 Å². The van der Waals surface area contributed by atoms with Gasteiger partial charge < -0.3 is 15.9 Å². The summed E-state index contributed by atoms with van der Waals surface area (Å²) in [5.41, 5.74) is 3.81. The summed E-state index contributed by atoms with van der Waals surface area (Å²) >= 11 is 0. The van der Waals surface area contributed by atoms with E-state index >= 15 is 0 Å². The first kappa shape index (κ1) is 14.5. The van der Waals surface area contributed by atoms with E-state index in [0.717, 1.165) is 12.1 Å². The fourth-order valence-corrected chi connectivity index (χ4v) is 1.51. The molecule has 2 atom stereocenters. The van der Waals surface area contributed by atoms with Crippen LogP contribution in [0.5, 0.6) is 0 Å². The number of aliphatic hydroxyl groups excluding tert-OH is 1. The molecule has 1 rings (SSSR count). The SMILES string of the molecule is NC(CC(O)c1ccccc1C(F)(F)F)C(=O)O. The maximum atomic E-state index is 12.6. The molecule has 0 bridgehead atoms. The van der Waals surface area contributed by atoms with Gasteiger partial charge in [0.2, 0.25) is 0 Å². The first-order chi connectivity index (χ1) is 8.23. The lowest BCUT2D eigenvalue weighted by atomic mass is 9.97. The van der Waals surface area contributed by atoms with Gasteiger partial charge in [-0.05, 0) is 11.6 Å². The van der Waals surface area contributed by atoms with E-state index in [-0.39, 0.29) is 5.56 Å². The van der Waals surface area contributed by atoms with Gasteiger partial charge in [-0.2, -0.15) is 13.2 Å². The molecule has 1 aromatic carbocycles.